The molecule has 10 nitrogen and oxygen atoms in total. The first kappa shape index (κ1) is 24.4. The molecule has 0 amide bonds. The Hall–Kier alpha value is -3.64. The lowest BCUT2D eigenvalue weighted by molar-refractivity contribution is -0.605. The van der Waals surface area contributed by atoms with E-state index in [0.717, 1.165) is 101 Å². The Morgan fingerprint density at radius 1 is 0.974 bits per heavy atom. The summed E-state index contributed by atoms with van der Waals surface area (Å²) in [5.41, 5.74) is 4.02. The van der Waals surface area contributed by atoms with Crippen molar-refractivity contribution in [3.63, 3.8) is 0 Å². The summed E-state index contributed by atoms with van der Waals surface area (Å²) in [6, 6.07) is 12.2. The van der Waals surface area contributed by atoms with Gasteiger partial charge in [0.05, 0.1) is 35.1 Å². The van der Waals surface area contributed by atoms with Gasteiger partial charge in [0, 0.05) is 79.8 Å². The quantitative estimate of drug-likeness (QED) is 0.258. The van der Waals surface area contributed by atoms with Gasteiger partial charge in [-0.3, -0.25) is 14.9 Å². The number of fused-ring (bicyclic) bond motifs is 2. The van der Waals surface area contributed by atoms with Crippen molar-refractivity contribution >= 4 is 38.3 Å². The number of morpholine rings is 1. The van der Waals surface area contributed by atoms with E-state index in [4.69, 9.17) is 14.7 Å². The van der Waals surface area contributed by atoms with Gasteiger partial charge in [-0.15, -0.1) is 11.3 Å². The molecule has 0 aliphatic carbocycles. The third kappa shape index (κ3) is 5.06. The number of anilines is 1. The maximum atomic E-state index is 11.6. The molecular weight excluding hydrogens is 512 g/mol. The average Bonchev–Trinajstić information content (AvgIpc) is 3.61. The second-order valence-corrected chi connectivity index (χ2v) is 11.3. The van der Waals surface area contributed by atoms with Gasteiger partial charge in [-0.1, -0.05) is 12.1 Å². The van der Waals surface area contributed by atoms with Crippen LogP contribution in [0.1, 0.15) is 10.4 Å². The Bertz CT molecular complexity index is 1600. The lowest BCUT2D eigenvalue weighted by atomic mass is 10.1. The van der Waals surface area contributed by atoms with E-state index in [9.17, 15) is 5.21 Å². The smallest absolute Gasteiger partial charge is 0.184 e. The molecule has 0 bridgehead atoms. The van der Waals surface area contributed by atoms with Crippen LogP contribution in [0.2, 0.25) is 0 Å². The van der Waals surface area contributed by atoms with Crippen molar-refractivity contribution in [3.8, 4) is 11.4 Å². The van der Waals surface area contributed by atoms with Gasteiger partial charge < -0.3 is 14.8 Å². The molecule has 0 atom stereocenters. The maximum Gasteiger partial charge on any atom is 0.184 e. The maximum absolute atomic E-state index is 11.6. The molecule has 1 N–H and O–H groups in total. The SMILES string of the molecule is [O-][n+]1cccc(CN2CCN(Cc3cc4nc(-c5cccc6[nH]ncc56)nc(N5CCOCC5)c4s3)CC2)c1. The molecule has 11 heteroatoms. The number of hydrogen-bond donors (Lipinski definition) is 1. The van der Waals surface area contributed by atoms with Gasteiger partial charge in [0.2, 0.25) is 0 Å². The summed E-state index contributed by atoms with van der Waals surface area (Å²) in [7, 11) is 0. The van der Waals surface area contributed by atoms with Crippen molar-refractivity contribution in [3.05, 3.63) is 70.6 Å². The third-order valence-corrected chi connectivity index (χ3v) is 8.63. The molecule has 4 aromatic heterocycles. The van der Waals surface area contributed by atoms with Crippen molar-refractivity contribution in [1.82, 2.24) is 30.0 Å². The van der Waals surface area contributed by atoms with Gasteiger partial charge in [0.1, 0.15) is 0 Å². The molecule has 2 aliphatic rings. The summed E-state index contributed by atoms with van der Waals surface area (Å²) >= 11 is 1.81. The highest BCUT2D eigenvalue weighted by Crippen LogP contribution is 2.36. The molecule has 2 saturated heterocycles. The normalized spacial score (nSPS) is 17.4. The fraction of sp³-hybridized carbons (Fsp3) is 0.357. The Morgan fingerprint density at radius 3 is 2.62 bits per heavy atom. The number of aromatic amines is 1. The van der Waals surface area contributed by atoms with E-state index in [1.54, 1.807) is 17.5 Å². The van der Waals surface area contributed by atoms with Crippen LogP contribution in [-0.4, -0.2) is 82.4 Å². The van der Waals surface area contributed by atoms with Crippen LogP contribution in [-0.2, 0) is 17.8 Å². The number of H-pyrrole nitrogens is 1. The largest absolute Gasteiger partial charge is 0.619 e. The third-order valence-electron chi connectivity index (χ3n) is 7.53. The fourth-order valence-electron chi connectivity index (χ4n) is 5.49. The second-order valence-electron chi connectivity index (χ2n) is 10.2. The van der Waals surface area contributed by atoms with Crippen LogP contribution in [0.4, 0.5) is 5.82 Å². The Balaban J connectivity index is 1.14. The number of ether oxygens (including phenoxy) is 1. The molecule has 200 valence electrons. The monoisotopic (exact) mass is 542 g/mol. The summed E-state index contributed by atoms with van der Waals surface area (Å²) < 4.78 is 7.65. The van der Waals surface area contributed by atoms with E-state index in [1.807, 2.05) is 30.5 Å². The number of piperazine rings is 1. The van der Waals surface area contributed by atoms with Gasteiger partial charge in [0.15, 0.2) is 24.0 Å². The first-order valence-corrected chi connectivity index (χ1v) is 14.2. The van der Waals surface area contributed by atoms with Crippen LogP contribution in [0.25, 0.3) is 32.5 Å². The number of thiophene rings is 1. The zero-order valence-corrected chi connectivity index (χ0v) is 22.4. The number of pyridine rings is 1. The van der Waals surface area contributed by atoms with E-state index >= 15 is 0 Å². The van der Waals surface area contributed by atoms with Crippen molar-refractivity contribution in [2.75, 3.05) is 57.4 Å². The van der Waals surface area contributed by atoms with Crippen molar-refractivity contribution in [2.24, 2.45) is 0 Å². The molecule has 0 radical (unpaired) electrons. The van der Waals surface area contributed by atoms with E-state index in [2.05, 4.69) is 37.0 Å². The zero-order chi connectivity index (χ0) is 26.2. The van der Waals surface area contributed by atoms with E-state index in [-0.39, 0.29) is 0 Å². The molecule has 1 aromatic carbocycles. The Labute approximate surface area is 230 Å². The first-order chi connectivity index (χ1) is 19.2. The van der Waals surface area contributed by atoms with E-state index in [0.29, 0.717) is 13.2 Å². The molecule has 0 saturated carbocycles. The molecule has 0 unspecified atom stereocenters. The lowest BCUT2D eigenvalue weighted by Crippen LogP contribution is -2.45. The van der Waals surface area contributed by atoms with Gasteiger partial charge in [-0.25, -0.2) is 9.97 Å². The van der Waals surface area contributed by atoms with E-state index < -0.39 is 0 Å². The Morgan fingerprint density at radius 2 is 1.79 bits per heavy atom. The molecule has 7 rings (SSSR count). The van der Waals surface area contributed by atoms with Crippen molar-refractivity contribution in [1.29, 1.82) is 0 Å². The molecule has 2 aliphatic heterocycles. The van der Waals surface area contributed by atoms with E-state index in [1.165, 1.54) is 11.1 Å². The lowest BCUT2D eigenvalue weighted by Gasteiger charge is -2.34. The van der Waals surface area contributed by atoms with Gasteiger partial charge in [0.25, 0.3) is 0 Å². The topological polar surface area (TPSA) is 100 Å². The van der Waals surface area contributed by atoms with Crippen LogP contribution in [0.3, 0.4) is 0 Å². The average molecular weight is 543 g/mol. The predicted molar refractivity (Wildman–Crippen MR) is 151 cm³/mol. The van der Waals surface area contributed by atoms with Crippen LogP contribution < -0.4 is 9.63 Å². The number of nitrogens with one attached hydrogen (secondary N) is 1. The molecule has 39 heavy (non-hydrogen) atoms. The van der Waals surface area contributed by atoms with Gasteiger partial charge in [-0.05, 0) is 18.2 Å². The highest BCUT2D eigenvalue weighted by molar-refractivity contribution is 7.19. The van der Waals surface area contributed by atoms with Crippen molar-refractivity contribution < 1.29 is 9.47 Å². The fourth-order valence-corrected chi connectivity index (χ4v) is 6.65. The molecule has 2 fully saturated rings. The number of benzene rings is 1. The minimum absolute atomic E-state index is 0.707. The number of nitrogens with zero attached hydrogens (tertiary/aromatic N) is 7. The summed E-state index contributed by atoms with van der Waals surface area (Å²) in [6.45, 7) is 8.72. The number of rotatable bonds is 6. The highest BCUT2D eigenvalue weighted by Gasteiger charge is 2.23. The zero-order valence-electron chi connectivity index (χ0n) is 21.6. The van der Waals surface area contributed by atoms with Crippen LogP contribution in [0.5, 0.6) is 0 Å². The standard InChI is InChI=1S/C28H30N8O2S/c37-36-6-2-3-20(18-36)17-33-7-9-34(10-8-33)19-21-15-25-26(39-21)28(35-11-13-38-14-12-35)31-27(30-25)22-4-1-5-24-23(22)16-29-32-24/h1-6,15-16,18H,7-14,17,19H2,(H,29,32). The number of aromatic nitrogens is 5. The first-order valence-electron chi connectivity index (χ1n) is 13.4. The van der Waals surface area contributed by atoms with Gasteiger partial charge in [-0.2, -0.15) is 9.83 Å². The minimum Gasteiger partial charge on any atom is -0.619 e. The van der Waals surface area contributed by atoms with Crippen LogP contribution in [0, 0.1) is 5.21 Å². The highest BCUT2D eigenvalue weighted by atomic mass is 32.1. The summed E-state index contributed by atoms with van der Waals surface area (Å²) in [6.07, 6.45) is 5.04. The predicted octanol–water partition coefficient (Wildman–Crippen LogP) is 3.02. The molecule has 0 spiro atoms. The van der Waals surface area contributed by atoms with Crippen molar-refractivity contribution in [2.45, 2.75) is 13.1 Å². The summed E-state index contributed by atoms with van der Waals surface area (Å²) in [5.74, 6) is 1.73. The summed E-state index contributed by atoms with van der Waals surface area (Å²) in [4.78, 5) is 18.7. The second kappa shape index (κ2) is 10.5. The minimum atomic E-state index is 0.707. The molecule has 5 aromatic rings. The number of hydrogen-bond acceptors (Lipinski definition) is 9. The van der Waals surface area contributed by atoms with Crippen LogP contribution >= 0.6 is 11.3 Å². The molecular formula is C28H30N8O2S. The Kier molecular flexibility index (Phi) is 6.57. The molecule has 6 heterocycles. The summed E-state index contributed by atoms with van der Waals surface area (Å²) in [5, 5.41) is 19.9. The van der Waals surface area contributed by atoms with Crippen LogP contribution in [0.15, 0.2) is 55.0 Å². The van der Waals surface area contributed by atoms with Gasteiger partial charge >= 0.3 is 0 Å².